The molecule has 7 heteroatoms. The zero-order chi connectivity index (χ0) is 18.0. The molecular formula is C18H20BrNO4S. The number of rotatable bonds is 5. The third-order valence-electron chi connectivity index (χ3n) is 4.24. The van der Waals surface area contributed by atoms with Crippen molar-refractivity contribution < 1.29 is 18.0 Å². The summed E-state index contributed by atoms with van der Waals surface area (Å²) in [5.74, 6) is 0.753. The molecule has 0 unspecified atom stereocenters. The van der Waals surface area contributed by atoms with E-state index in [1.54, 1.807) is 31.4 Å². The van der Waals surface area contributed by atoms with Crippen molar-refractivity contribution in [3.63, 3.8) is 0 Å². The summed E-state index contributed by atoms with van der Waals surface area (Å²) in [7, 11) is -2.11. The predicted octanol–water partition coefficient (Wildman–Crippen LogP) is 3.83. The minimum Gasteiger partial charge on any atom is -0.497 e. The summed E-state index contributed by atoms with van der Waals surface area (Å²) < 4.78 is 32.2. The maximum Gasteiger partial charge on any atom is 0.265 e. The molecular weight excluding hydrogens is 406 g/mol. The van der Waals surface area contributed by atoms with Crippen LogP contribution in [0.25, 0.3) is 0 Å². The van der Waals surface area contributed by atoms with Gasteiger partial charge in [-0.15, -0.1) is 0 Å². The van der Waals surface area contributed by atoms with Crippen LogP contribution in [0, 0.1) is 6.92 Å². The third kappa shape index (κ3) is 3.74. The van der Waals surface area contributed by atoms with Gasteiger partial charge in [0.2, 0.25) is 0 Å². The molecule has 2 aromatic rings. The van der Waals surface area contributed by atoms with E-state index in [2.05, 4.69) is 15.9 Å². The van der Waals surface area contributed by atoms with Crippen LogP contribution in [0.3, 0.4) is 0 Å². The summed E-state index contributed by atoms with van der Waals surface area (Å²) in [5, 5.41) is 0.505. The number of halogens is 1. The largest absolute Gasteiger partial charge is 0.497 e. The molecule has 0 saturated carbocycles. The fourth-order valence-electron chi connectivity index (χ4n) is 2.79. The summed E-state index contributed by atoms with van der Waals surface area (Å²) in [6.07, 6.45) is 0.275. The molecule has 0 spiro atoms. The number of benzene rings is 2. The average Bonchev–Trinajstić information content (AvgIpc) is 3.07. The number of methoxy groups -OCH3 is 1. The Morgan fingerprint density at radius 1 is 1.16 bits per heavy atom. The number of hydroxylamine groups is 1. The molecule has 1 aliphatic rings. The normalized spacial score (nSPS) is 21.4. The van der Waals surface area contributed by atoms with E-state index in [-0.39, 0.29) is 17.0 Å². The summed E-state index contributed by atoms with van der Waals surface area (Å²) in [5.41, 5.74) is 1.93. The second-order valence-corrected chi connectivity index (χ2v) is 8.41. The van der Waals surface area contributed by atoms with Gasteiger partial charge < -0.3 is 4.74 Å². The Kier molecular flexibility index (Phi) is 5.48. The van der Waals surface area contributed by atoms with E-state index in [1.807, 2.05) is 31.2 Å². The van der Waals surface area contributed by atoms with E-state index in [1.165, 1.54) is 0 Å². The molecule has 134 valence electrons. The number of aryl methyl sites for hydroxylation is 1. The zero-order valence-electron chi connectivity index (χ0n) is 14.1. The number of ether oxygens (including phenoxy) is 1. The number of sulfonamides is 1. The number of nitrogens with zero attached hydrogens (tertiary/aromatic N) is 1. The minimum absolute atomic E-state index is 0.236. The molecule has 0 aromatic heterocycles. The van der Waals surface area contributed by atoms with Crippen LogP contribution in [0.2, 0.25) is 0 Å². The van der Waals surface area contributed by atoms with Gasteiger partial charge in [-0.25, -0.2) is 8.42 Å². The molecule has 1 aliphatic heterocycles. The van der Waals surface area contributed by atoms with Crippen LogP contribution in [0.4, 0.5) is 0 Å². The fraction of sp³-hybridized carbons (Fsp3) is 0.333. The first kappa shape index (κ1) is 18.4. The van der Waals surface area contributed by atoms with Crippen molar-refractivity contribution in [2.24, 2.45) is 0 Å². The van der Waals surface area contributed by atoms with E-state index in [0.29, 0.717) is 11.8 Å². The van der Waals surface area contributed by atoms with Gasteiger partial charge in [0, 0.05) is 5.33 Å². The lowest BCUT2D eigenvalue weighted by Crippen LogP contribution is -2.35. The van der Waals surface area contributed by atoms with Crippen LogP contribution in [0.15, 0.2) is 53.4 Å². The Hall–Kier alpha value is -1.41. The molecule has 2 atom stereocenters. The van der Waals surface area contributed by atoms with Gasteiger partial charge in [-0.2, -0.15) is 0 Å². The molecule has 2 aromatic carbocycles. The van der Waals surface area contributed by atoms with Crippen LogP contribution in [-0.4, -0.2) is 31.4 Å². The Morgan fingerprint density at radius 2 is 1.80 bits per heavy atom. The van der Waals surface area contributed by atoms with E-state index >= 15 is 0 Å². The molecule has 5 nitrogen and oxygen atoms in total. The molecule has 0 amide bonds. The van der Waals surface area contributed by atoms with Gasteiger partial charge in [0.05, 0.1) is 18.0 Å². The monoisotopic (exact) mass is 425 g/mol. The number of hydrogen-bond donors (Lipinski definition) is 0. The van der Waals surface area contributed by atoms with Gasteiger partial charge >= 0.3 is 0 Å². The van der Waals surface area contributed by atoms with E-state index in [0.717, 1.165) is 21.3 Å². The third-order valence-corrected chi connectivity index (χ3v) is 6.71. The summed E-state index contributed by atoms with van der Waals surface area (Å²) in [6, 6.07) is 14.0. The summed E-state index contributed by atoms with van der Waals surface area (Å²) >= 11 is 3.41. The second-order valence-electron chi connectivity index (χ2n) is 5.98. The Balaban J connectivity index is 1.86. The zero-order valence-corrected chi connectivity index (χ0v) is 16.5. The first-order chi connectivity index (χ1) is 12.0. The van der Waals surface area contributed by atoms with Crippen LogP contribution in [0.1, 0.15) is 23.7 Å². The van der Waals surface area contributed by atoms with Crippen LogP contribution in [-0.2, 0) is 14.9 Å². The van der Waals surface area contributed by atoms with E-state index < -0.39 is 10.0 Å². The molecule has 25 heavy (non-hydrogen) atoms. The van der Waals surface area contributed by atoms with Gasteiger partial charge in [0.1, 0.15) is 11.9 Å². The molecule has 1 heterocycles. The van der Waals surface area contributed by atoms with E-state index in [9.17, 15) is 8.42 Å². The van der Waals surface area contributed by atoms with Gasteiger partial charge in [0.25, 0.3) is 10.0 Å². The fourth-order valence-corrected chi connectivity index (χ4v) is 4.97. The van der Waals surface area contributed by atoms with Crippen molar-refractivity contribution in [3.05, 3.63) is 59.7 Å². The lowest BCUT2D eigenvalue weighted by Gasteiger charge is -2.21. The van der Waals surface area contributed by atoms with Crippen molar-refractivity contribution >= 4 is 26.0 Å². The molecule has 0 aliphatic carbocycles. The summed E-state index contributed by atoms with van der Waals surface area (Å²) in [6.45, 7) is 1.92. The van der Waals surface area contributed by atoms with Gasteiger partial charge in [-0.05, 0) is 43.2 Å². The maximum atomic E-state index is 13.0. The van der Waals surface area contributed by atoms with Gasteiger partial charge in [-0.3, -0.25) is 4.84 Å². The smallest absolute Gasteiger partial charge is 0.265 e. The van der Waals surface area contributed by atoms with Gasteiger partial charge in [0.15, 0.2) is 0 Å². The summed E-state index contributed by atoms with van der Waals surface area (Å²) in [4.78, 5) is 6.08. The molecule has 3 rings (SSSR count). The Labute approximate surface area is 156 Å². The topological polar surface area (TPSA) is 55.8 Å². The van der Waals surface area contributed by atoms with Crippen molar-refractivity contribution in [3.8, 4) is 5.75 Å². The highest BCUT2D eigenvalue weighted by molar-refractivity contribution is 9.09. The second kappa shape index (κ2) is 7.45. The van der Waals surface area contributed by atoms with Crippen LogP contribution >= 0.6 is 15.9 Å². The quantitative estimate of drug-likeness (QED) is 0.682. The standard InChI is InChI=1S/C18H20BrNO4S/c1-13-3-9-17(10-4-13)25(21,22)20-15(12-19)11-18(24-20)14-5-7-16(23-2)8-6-14/h3-10,15,18H,11-12H2,1-2H3/t15-,18+/m0/s1. The first-order valence-electron chi connectivity index (χ1n) is 7.93. The number of alkyl halides is 1. The predicted molar refractivity (Wildman–Crippen MR) is 99.2 cm³/mol. The SMILES string of the molecule is COc1ccc([C@H]2C[C@@H](CBr)N(S(=O)(=O)c3ccc(C)cc3)O2)cc1. The minimum atomic E-state index is -3.71. The highest BCUT2D eigenvalue weighted by Gasteiger charge is 2.41. The van der Waals surface area contributed by atoms with Crippen molar-refractivity contribution in [2.75, 3.05) is 12.4 Å². The highest BCUT2D eigenvalue weighted by Crippen LogP contribution is 2.38. The van der Waals surface area contributed by atoms with Gasteiger partial charge in [-0.1, -0.05) is 50.2 Å². The highest BCUT2D eigenvalue weighted by atomic mass is 79.9. The molecule has 0 radical (unpaired) electrons. The lowest BCUT2D eigenvalue weighted by atomic mass is 10.0. The number of hydrogen-bond acceptors (Lipinski definition) is 4. The first-order valence-corrected chi connectivity index (χ1v) is 10.5. The molecule has 1 saturated heterocycles. The van der Waals surface area contributed by atoms with Crippen LogP contribution in [0.5, 0.6) is 5.75 Å². The average molecular weight is 426 g/mol. The van der Waals surface area contributed by atoms with Crippen molar-refractivity contribution in [2.45, 2.75) is 30.4 Å². The Morgan fingerprint density at radius 3 is 2.36 bits per heavy atom. The molecule has 1 fully saturated rings. The lowest BCUT2D eigenvalue weighted by molar-refractivity contribution is -0.0883. The maximum absolute atomic E-state index is 13.0. The molecule has 0 bridgehead atoms. The van der Waals surface area contributed by atoms with E-state index in [4.69, 9.17) is 9.57 Å². The Bertz CT molecular complexity index is 821. The van der Waals surface area contributed by atoms with Crippen molar-refractivity contribution in [1.29, 1.82) is 0 Å². The van der Waals surface area contributed by atoms with Crippen LogP contribution < -0.4 is 4.74 Å². The van der Waals surface area contributed by atoms with Crippen molar-refractivity contribution in [1.82, 2.24) is 4.47 Å². The molecule has 0 N–H and O–H groups in total.